The number of aryl methyl sites for hydroxylation is 1. The lowest BCUT2D eigenvalue weighted by molar-refractivity contribution is 0.399. The van der Waals surface area contributed by atoms with Gasteiger partial charge in [0.25, 0.3) is 0 Å². The fourth-order valence-corrected chi connectivity index (χ4v) is 3.27. The number of rotatable bonds is 2. The lowest BCUT2D eigenvalue weighted by atomic mass is 9.94. The molecular formula is C15H16N2O. The van der Waals surface area contributed by atoms with E-state index in [-0.39, 0.29) is 0 Å². The summed E-state index contributed by atoms with van der Waals surface area (Å²) in [6, 6.07) is 10.8. The molecule has 1 saturated heterocycles. The molecule has 3 nitrogen and oxygen atoms in total. The van der Waals surface area contributed by atoms with Crippen LogP contribution in [0.4, 0.5) is 0 Å². The Bertz CT molecular complexity index is 587. The van der Waals surface area contributed by atoms with Crippen LogP contribution in [0.15, 0.2) is 34.9 Å². The topological polar surface area (TPSA) is 38.1 Å². The summed E-state index contributed by atoms with van der Waals surface area (Å²) in [7, 11) is 0. The SMILES string of the molecule is Cc1cc(-c2ccc(C34CNC[C@H]3C4)cc2)no1. The second-order valence-electron chi connectivity index (χ2n) is 5.59. The second kappa shape index (κ2) is 3.45. The summed E-state index contributed by atoms with van der Waals surface area (Å²) in [6.45, 7) is 4.24. The van der Waals surface area contributed by atoms with Gasteiger partial charge < -0.3 is 9.84 Å². The molecule has 3 heteroatoms. The van der Waals surface area contributed by atoms with Crippen LogP contribution in [0.5, 0.6) is 0 Å². The van der Waals surface area contributed by atoms with Crippen molar-refractivity contribution in [3.63, 3.8) is 0 Å². The highest BCUT2D eigenvalue weighted by molar-refractivity contribution is 5.60. The summed E-state index contributed by atoms with van der Waals surface area (Å²) in [4.78, 5) is 0. The minimum atomic E-state index is 0.443. The van der Waals surface area contributed by atoms with Crippen LogP contribution in [-0.4, -0.2) is 18.2 Å². The highest BCUT2D eigenvalue weighted by Crippen LogP contribution is 2.56. The van der Waals surface area contributed by atoms with Gasteiger partial charge in [-0.25, -0.2) is 0 Å². The Balaban J connectivity index is 1.66. The number of benzene rings is 1. The Kier molecular flexibility index (Phi) is 1.98. The molecule has 1 aromatic heterocycles. The average molecular weight is 240 g/mol. The number of nitrogens with one attached hydrogen (secondary N) is 1. The van der Waals surface area contributed by atoms with Gasteiger partial charge in [-0.2, -0.15) is 0 Å². The van der Waals surface area contributed by atoms with Gasteiger partial charge >= 0.3 is 0 Å². The number of nitrogens with zero attached hydrogens (tertiary/aromatic N) is 1. The molecule has 2 aliphatic rings. The molecule has 2 fully saturated rings. The monoisotopic (exact) mass is 240 g/mol. The van der Waals surface area contributed by atoms with E-state index in [9.17, 15) is 0 Å². The van der Waals surface area contributed by atoms with Crippen molar-refractivity contribution in [3.8, 4) is 11.3 Å². The molecule has 1 aromatic carbocycles. The average Bonchev–Trinajstić information content (AvgIpc) is 2.75. The van der Waals surface area contributed by atoms with Gasteiger partial charge in [-0.15, -0.1) is 0 Å². The van der Waals surface area contributed by atoms with E-state index in [1.807, 2.05) is 13.0 Å². The van der Waals surface area contributed by atoms with Crippen LogP contribution in [0.25, 0.3) is 11.3 Å². The summed E-state index contributed by atoms with van der Waals surface area (Å²) in [5.74, 6) is 1.72. The minimum absolute atomic E-state index is 0.443. The lowest BCUT2D eigenvalue weighted by Crippen LogP contribution is -2.19. The lowest BCUT2D eigenvalue weighted by Gasteiger charge is -2.12. The first kappa shape index (κ1) is 10.3. The van der Waals surface area contributed by atoms with Crippen molar-refractivity contribution in [1.29, 1.82) is 0 Å². The zero-order valence-corrected chi connectivity index (χ0v) is 10.4. The van der Waals surface area contributed by atoms with Gasteiger partial charge in [-0.05, 0) is 31.4 Å². The van der Waals surface area contributed by atoms with Crippen molar-refractivity contribution in [2.75, 3.05) is 13.1 Å². The summed E-state index contributed by atoms with van der Waals surface area (Å²) in [5, 5.41) is 7.54. The molecule has 1 N–H and O–H groups in total. The molecule has 0 radical (unpaired) electrons. The van der Waals surface area contributed by atoms with E-state index < -0.39 is 0 Å². The fraction of sp³-hybridized carbons (Fsp3) is 0.400. The summed E-state index contributed by atoms with van der Waals surface area (Å²) >= 11 is 0. The highest BCUT2D eigenvalue weighted by Gasteiger charge is 2.57. The predicted octanol–water partition coefficient (Wildman–Crippen LogP) is 2.51. The first-order valence-corrected chi connectivity index (χ1v) is 6.53. The Morgan fingerprint density at radius 1 is 1.33 bits per heavy atom. The maximum atomic E-state index is 5.12. The first-order valence-electron chi connectivity index (χ1n) is 6.53. The third-order valence-corrected chi connectivity index (χ3v) is 4.45. The normalized spacial score (nSPS) is 29.3. The zero-order chi connectivity index (χ0) is 12.2. The molecule has 1 unspecified atom stereocenters. The molecule has 0 spiro atoms. The number of hydrogen-bond donors (Lipinski definition) is 1. The van der Waals surface area contributed by atoms with Gasteiger partial charge in [0.2, 0.25) is 0 Å². The van der Waals surface area contributed by atoms with E-state index in [2.05, 4.69) is 34.7 Å². The number of piperidine rings is 1. The molecule has 1 aliphatic carbocycles. The third-order valence-electron chi connectivity index (χ3n) is 4.45. The van der Waals surface area contributed by atoms with E-state index in [1.54, 1.807) is 0 Å². The van der Waals surface area contributed by atoms with E-state index >= 15 is 0 Å². The van der Waals surface area contributed by atoms with Gasteiger partial charge in [0.1, 0.15) is 11.5 Å². The molecule has 92 valence electrons. The van der Waals surface area contributed by atoms with E-state index in [0.29, 0.717) is 5.41 Å². The number of fused-ring (bicyclic) bond motifs is 1. The molecular weight excluding hydrogens is 224 g/mol. The first-order chi connectivity index (χ1) is 8.78. The summed E-state index contributed by atoms with van der Waals surface area (Å²) in [6.07, 6.45) is 1.35. The van der Waals surface area contributed by atoms with Crippen molar-refractivity contribution in [2.24, 2.45) is 5.92 Å². The molecule has 2 heterocycles. The third kappa shape index (κ3) is 1.37. The van der Waals surface area contributed by atoms with Crippen molar-refractivity contribution in [2.45, 2.75) is 18.8 Å². The van der Waals surface area contributed by atoms with Crippen LogP contribution in [0.2, 0.25) is 0 Å². The van der Waals surface area contributed by atoms with Crippen LogP contribution in [-0.2, 0) is 5.41 Å². The summed E-state index contributed by atoms with van der Waals surface area (Å²) in [5.41, 5.74) is 3.98. The Labute approximate surface area is 106 Å². The van der Waals surface area contributed by atoms with Crippen LogP contribution in [0.1, 0.15) is 17.7 Å². The molecule has 0 amide bonds. The van der Waals surface area contributed by atoms with Gasteiger partial charge in [0.15, 0.2) is 0 Å². The molecule has 4 rings (SSSR count). The minimum Gasteiger partial charge on any atom is -0.361 e. The quantitative estimate of drug-likeness (QED) is 0.876. The van der Waals surface area contributed by atoms with Crippen LogP contribution in [0.3, 0.4) is 0 Å². The molecule has 2 atom stereocenters. The number of hydrogen-bond acceptors (Lipinski definition) is 3. The Morgan fingerprint density at radius 3 is 2.72 bits per heavy atom. The van der Waals surface area contributed by atoms with Gasteiger partial charge in [-0.3, -0.25) is 0 Å². The van der Waals surface area contributed by atoms with E-state index in [4.69, 9.17) is 4.52 Å². The van der Waals surface area contributed by atoms with E-state index in [0.717, 1.165) is 29.5 Å². The maximum absolute atomic E-state index is 5.12. The second-order valence-corrected chi connectivity index (χ2v) is 5.59. The van der Waals surface area contributed by atoms with Crippen LogP contribution in [0, 0.1) is 12.8 Å². The molecule has 0 bridgehead atoms. The summed E-state index contributed by atoms with van der Waals surface area (Å²) < 4.78 is 5.12. The standard InChI is InChI=1S/C15H16N2O/c1-10-6-14(17-18-10)11-2-4-12(5-3-11)15-7-13(15)8-16-9-15/h2-6,13,16H,7-9H2,1H3/t13-,15?/m1/s1. The largest absolute Gasteiger partial charge is 0.361 e. The number of aromatic nitrogens is 1. The van der Waals surface area contributed by atoms with Crippen molar-refractivity contribution >= 4 is 0 Å². The predicted molar refractivity (Wildman–Crippen MR) is 69.3 cm³/mol. The van der Waals surface area contributed by atoms with Crippen LogP contribution < -0.4 is 5.32 Å². The smallest absolute Gasteiger partial charge is 0.134 e. The molecule has 2 aromatic rings. The maximum Gasteiger partial charge on any atom is 0.134 e. The molecule has 1 aliphatic heterocycles. The zero-order valence-electron chi connectivity index (χ0n) is 10.4. The molecule has 18 heavy (non-hydrogen) atoms. The van der Waals surface area contributed by atoms with Gasteiger partial charge in [0, 0.05) is 23.6 Å². The van der Waals surface area contributed by atoms with Crippen molar-refractivity contribution in [3.05, 3.63) is 41.7 Å². The van der Waals surface area contributed by atoms with Gasteiger partial charge in [-0.1, -0.05) is 29.4 Å². The van der Waals surface area contributed by atoms with Crippen molar-refractivity contribution in [1.82, 2.24) is 10.5 Å². The molecule has 1 saturated carbocycles. The van der Waals surface area contributed by atoms with Gasteiger partial charge in [0.05, 0.1) is 0 Å². The Morgan fingerprint density at radius 2 is 2.17 bits per heavy atom. The van der Waals surface area contributed by atoms with Crippen molar-refractivity contribution < 1.29 is 4.52 Å². The highest BCUT2D eigenvalue weighted by atomic mass is 16.5. The Hall–Kier alpha value is -1.61. The fourth-order valence-electron chi connectivity index (χ4n) is 3.27. The van der Waals surface area contributed by atoms with E-state index in [1.165, 1.54) is 18.5 Å². The van der Waals surface area contributed by atoms with Crippen LogP contribution >= 0.6 is 0 Å².